The summed E-state index contributed by atoms with van der Waals surface area (Å²) in [4.78, 5) is 13.5. The number of piperidine rings is 1. The van der Waals surface area contributed by atoms with Crippen LogP contribution in [0.2, 0.25) is 0 Å². The van der Waals surface area contributed by atoms with Gasteiger partial charge in [-0.3, -0.25) is 4.79 Å². The van der Waals surface area contributed by atoms with Crippen molar-refractivity contribution in [1.82, 2.24) is 5.32 Å². The largest absolute Gasteiger partial charge is 0.465 e. The molecule has 1 saturated heterocycles. The summed E-state index contributed by atoms with van der Waals surface area (Å²) in [6.45, 7) is 3.27. The molecule has 2 N–H and O–H groups in total. The molecule has 2 aromatic rings. The molecule has 4 nitrogen and oxygen atoms in total. The van der Waals surface area contributed by atoms with Gasteiger partial charge in [-0.15, -0.1) is 0 Å². The van der Waals surface area contributed by atoms with Gasteiger partial charge in [0.15, 0.2) is 0 Å². The fourth-order valence-corrected chi connectivity index (χ4v) is 3.02. The minimum Gasteiger partial charge on any atom is -0.465 e. The normalized spacial score (nSPS) is 21.4. The van der Waals surface area contributed by atoms with Crippen LogP contribution in [0.4, 0.5) is 0 Å². The fraction of sp³-hybridized carbons (Fsp3) is 0.316. The van der Waals surface area contributed by atoms with Crippen LogP contribution in [0.25, 0.3) is 6.08 Å². The van der Waals surface area contributed by atoms with Crippen LogP contribution in [-0.4, -0.2) is 25.0 Å². The van der Waals surface area contributed by atoms with Gasteiger partial charge >= 0.3 is 0 Å². The molecule has 1 fully saturated rings. The van der Waals surface area contributed by atoms with E-state index in [9.17, 15) is 4.79 Å². The standard InChI is InChI=1S/C19H22N2O2/c22-19(9-8-18-7-4-14-23-18)20-17-10-12-21(13-11-17)15-16-5-2-1-3-6-16/h1-9,14,17H,10-13,15H2,(H,20,22)/p+1. The van der Waals surface area contributed by atoms with E-state index in [2.05, 4.69) is 35.6 Å². The van der Waals surface area contributed by atoms with Gasteiger partial charge in [0.05, 0.1) is 19.4 Å². The summed E-state index contributed by atoms with van der Waals surface area (Å²) in [7, 11) is 0. The predicted molar refractivity (Wildman–Crippen MR) is 89.7 cm³/mol. The van der Waals surface area contributed by atoms with E-state index >= 15 is 0 Å². The summed E-state index contributed by atoms with van der Waals surface area (Å²) >= 11 is 0. The van der Waals surface area contributed by atoms with E-state index in [1.165, 1.54) is 5.56 Å². The zero-order chi connectivity index (χ0) is 15.9. The average Bonchev–Trinajstić information content (AvgIpc) is 3.09. The van der Waals surface area contributed by atoms with Gasteiger partial charge < -0.3 is 14.6 Å². The van der Waals surface area contributed by atoms with Crippen LogP contribution in [0.1, 0.15) is 24.2 Å². The van der Waals surface area contributed by atoms with Gasteiger partial charge in [0.2, 0.25) is 5.91 Å². The van der Waals surface area contributed by atoms with Crippen molar-refractivity contribution >= 4 is 12.0 Å². The molecule has 23 heavy (non-hydrogen) atoms. The molecule has 3 rings (SSSR count). The van der Waals surface area contributed by atoms with E-state index in [0.29, 0.717) is 5.76 Å². The molecule has 0 spiro atoms. The number of likely N-dealkylation sites (tertiary alicyclic amines) is 1. The lowest BCUT2D eigenvalue weighted by Gasteiger charge is -2.29. The highest BCUT2D eigenvalue weighted by Gasteiger charge is 2.22. The summed E-state index contributed by atoms with van der Waals surface area (Å²) in [5, 5.41) is 3.08. The number of hydrogen-bond donors (Lipinski definition) is 2. The molecule has 0 radical (unpaired) electrons. The topological polar surface area (TPSA) is 46.7 Å². The molecule has 1 aromatic heterocycles. The number of carbonyl (C=O) groups excluding carboxylic acids is 1. The Labute approximate surface area is 136 Å². The molecule has 1 aliphatic rings. The van der Waals surface area contributed by atoms with Crippen molar-refractivity contribution in [3.8, 4) is 0 Å². The summed E-state index contributed by atoms with van der Waals surface area (Å²) in [5.74, 6) is 0.653. The van der Waals surface area contributed by atoms with Crippen LogP contribution in [0.5, 0.6) is 0 Å². The third-order valence-corrected chi connectivity index (χ3v) is 4.28. The highest BCUT2D eigenvalue weighted by Crippen LogP contribution is 2.04. The molecule has 0 saturated carbocycles. The molecule has 1 amide bonds. The fourth-order valence-electron chi connectivity index (χ4n) is 3.02. The number of hydrogen-bond acceptors (Lipinski definition) is 2. The van der Waals surface area contributed by atoms with Crippen molar-refractivity contribution in [3.05, 3.63) is 66.1 Å². The van der Waals surface area contributed by atoms with Crippen LogP contribution in [0.15, 0.2) is 59.2 Å². The second-order valence-corrected chi connectivity index (χ2v) is 6.04. The summed E-state index contributed by atoms with van der Waals surface area (Å²) in [6.07, 6.45) is 6.90. The molecular weight excluding hydrogens is 288 g/mol. The zero-order valence-electron chi connectivity index (χ0n) is 13.2. The molecule has 1 aliphatic heterocycles. The molecule has 120 valence electrons. The number of quaternary nitrogens is 1. The third kappa shape index (κ3) is 4.83. The Hall–Kier alpha value is -2.33. The van der Waals surface area contributed by atoms with Crippen molar-refractivity contribution in [2.75, 3.05) is 13.1 Å². The van der Waals surface area contributed by atoms with Gasteiger partial charge in [-0.25, -0.2) is 0 Å². The molecule has 2 heterocycles. The predicted octanol–water partition coefficient (Wildman–Crippen LogP) is 1.66. The summed E-state index contributed by atoms with van der Waals surface area (Å²) < 4.78 is 5.17. The maximum Gasteiger partial charge on any atom is 0.244 e. The monoisotopic (exact) mass is 311 g/mol. The van der Waals surface area contributed by atoms with Crippen LogP contribution in [0, 0.1) is 0 Å². The lowest BCUT2D eigenvalue weighted by molar-refractivity contribution is -0.918. The van der Waals surface area contributed by atoms with Gasteiger partial charge in [-0.1, -0.05) is 30.3 Å². The Balaban J connectivity index is 1.41. The first kappa shape index (κ1) is 15.6. The van der Waals surface area contributed by atoms with Crippen molar-refractivity contribution < 1.29 is 14.1 Å². The Morgan fingerprint density at radius 1 is 1.17 bits per heavy atom. The van der Waals surface area contributed by atoms with Crippen molar-refractivity contribution in [1.29, 1.82) is 0 Å². The van der Waals surface area contributed by atoms with Gasteiger partial charge in [-0.05, 0) is 18.2 Å². The minimum absolute atomic E-state index is 0.0436. The van der Waals surface area contributed by atoms with Crippen LogP contribution in [-0.2, 0) is 11.3 Å². The lowest BCUT2D eigenvalue weighted by Crippen LogP contribution is -3.12. The highest BCUT2D eigenvalue weighted by molar-refractivity contribution is 5.91. The number of rotatable bonds is 5. The quantitative estimate of drug-likeness (QED) is 0.825. The maximum atomic E-state index is 11.9. The minimum atomic E-state index is -0.0436. The van der Waals surface area contributed by atoms with Crippen LogP contribution >= 0.6 is 0 Å². The van der Waals surface area contributed by atoms with Crippen molar-refractivity contribution in [3.63, 3.8) is 0 Å². The molecule has 0 unspecified atom stereocenters. The Bertz CT molecular complexity index is 627. The first-order chi connectivity index (χ1) is 11.3. The number of benzene rings is 1. The van der Waals surface area contributed by atoms with Crippen LogP contribution in [0.3, 0.4) is 0 Å². The van der Waals surface area contributed by atoms with Crippen LogP contribution < -0.4 is 10.2 Å². The SMILES string of the molecule is O=C(C=Cc1ccco1)NC1CC[NH+](Cc2ccccc2)CC1. The summed E-state index contributed by atoms with van der Waals surface area (Å²) in [5.41, 5.74) is 1.38. The van der Waals surface area contributed by atoms with Gasteiger partial charge in [0, 0.05) is 30.5 Å². The first-order valence-corrected chi connectivity index (χ1v) is 8.19. The molecule has 0 aliphatic carbocycles. The van der Waals surface area contributed by atoms with Gasteiger partial charge in [-0.2, -0.15) is 0 Å². The van der Waals surface area contributed by atoms with Crippen molar-refractivity contribution in [2.45, 2.75) is 25.4 Å². The third-order valence-electron chi connectivity index (χ3n) is 4.28. The zero-order valence-corrected chi connectivity index (χ0v) is 13.2. The average molecular weight is 311 g/mol. The smallest absolute Gasteiger partial charge is 0.244 e. The van der Waals surface area contributed by atoms with E-state index in [4.69, 9.17) is 4.42 Å². The number of furan rings is 1. The highest BCUT2D eigenvalue weighted by atomic mass is 16.3. The van der Waals surface area contributed by atoms with E-state index < -0.39 is 0 Å². The molecule has 0 bridgehead atoms. The number of carbonyl (C=O) groups is 1. The lowest BCUT2D eigenvalue weighted by atomic mass is 10.0. The summed E-state index contributed by atoms with van der Waals surface area (Å²) in [6, 6.07) is 14.5. The van der Waals surface area contributed by atoms with Gasteiger partial charge in [0.1, 0.15) is 12.3 Å². The van der Waals surface area contributed by atoms with Crippen molar-refractivity contribution in [2.24, 2.45) is 0 Å². The van der Waals surface area contributed by atoms with E-state index in [1.54, 1.807) is 23.3 Å². The number of amides is 1. The molecule has 0 atom stereocenters. The first-order valence-electron chi connectivity index (χ1n) is 8.19. The second-order valence-electron chi connectivity index (χ2n) is 6.04. The Kier molecular flexibility index (Phi) is 5.27. The van der Waals surface area contributed by atoms with E-state index in [-0.39, 0.29) is 11.9 Å². The Morgan fingerprint density at radius 2 is 1.96 bits per heavy atom. The van der Waals surface area contributed by atoms with E-state index in [1.807, 2.05) is 12.1 Å². The molecular formula is C19H23N2O2+. The number of nitrogens with one attached hydrogen (secondary N) is 2. The molecule has 4 heteroatoms. The maximum absolute atomic E-state index is 11.9. The Morgan fingerprint density at radius 3 is 2.65 bits per heavy atom. The second kappa shape index (κ2) is 7.79. The van der Waals surface area contributed by atoms with E-state index in [0.717, 1.165) is 32.5 Å². The molecule has 1 aromatic carbocycles. The van der Waals surface area contributed by atoms with Gasteiger partial charge in [0.25, 0.3) is 0 Å².